The topological polar surface area (TPSA) is 55.2 Å². The number of carbonyl (C=O) groups is 1. The van der Waals surface area contributed by atoms with Gasteiger partial charge in [0.15, 0.2) is 5.16 Å². The maximum absolute atomic E-state index is 13.7. The molecule has 2 aliphatic carbocycles. The number of thiophene rings is 1. The third-order valence-electron chi connectivity index (χ3n) is 6.98. The minimum atomic E-state index is -0.213. The Hall–Kier alpha value is -1.34. The van der Waals surface area contributed by atoms with Crippen LogP contribution in [0.5, 0.6) is 0 Å². The molecule has 0 N–H and O–H groups in total. The number of piperidine rings is 1. The maximum Gasteiger partial charge on any atom is 0.263 e. The number of thioether (sulfide) groups is 1. The Balaban J connectivity index is 1.53. The van der Waals surface area contributed by atoms with Gasteiger partial charge in [-0.05, 0) is 70.3 Å². The first-order valence-corrected chi connectivity index (χ1v) is 13.4. The van der Waals surface area contributed by atoms with Crippen molar-refractivity contribution >= 4 is 39.2 Å². The van der Waals surface area contributed by atoms with Gasteiger partial charge in [-0.3, -0.25) is 14.2 Å². The standard InChI is InChI=1S/C23H31N3O2S2/c1-15(21(27)25-13-7-2-8-14-25)29-23-24-20-19(17-11-5-6-12-18(17)30-20)22(28)26(23)16-9-3-4-10-16/h15-16H,2-14H2,1H3. The van der Waals surface area contributed by atoms with Gasteiger partial charge < -0.3 is 4.90 Å². The summed E-state index contributed by atoms with van der Waals surface area (Å²) >= 11 is 3.21. The summed E-state index contributed by atoms with van der Waals surface area (Å²) in [7, 11) is 0. The number of rotatable bonds is 4. The molecule has 5 nitrogen and oxygen atoms in total. The largest absolute Gasteiger partial charge is 0.342 e. The summed E-state index contributed by atoms with van der Waals surface area (Å²) in [5.74, 6) is 0.192. The second kappa shape index (κ2) is 8.65. The number of amides is 1. The monoisotopic (exact) mass is 445 g/mol. The molecule has 1 saturated heterocycles. The van der Waals surface area contributed by atoms with Crippen molar-refractivity contribution in [1.29, 1.82) is 0 Å². The first-order valence-electron chi connectivity index (χ1n) is 11.7. The van der Waals surface area contributed by atoms with Crippen LogP contribution in [0.3, 0.4) is 0 Å². The van der Waals surface area contributed by atoms with Crippen LogP contribution in [0.15, 0.2) is 9.95 Å². The summed E-state index contributed by atoms with van der Waals surface area (Å²) < 4.78 is 1.97. The second-order valence-electron chi connectivity index (χ2n) is 9.04. The number of aryl methyl sites for hydroxylation is 2. The van der Waals surface area contributed by atoms with E-state index in [4.69, 9.17) is 4.98 Å². The lowest BCUT2D eigenvalue weighted by atomic mass is 9.97. The van der Waals surface area contributed by atoms with Crippen LogP contribution in [0.25, 0.3) is 10.2 Å². The molecule has 2 aromatic heterocycles. The highest BCUT2D eigenvalue weighted by Crippen LogP contribution is 2.38. The third kappa shape index (κ3) is 3.72. The lowest BCUT2D eigenvalue weighted by Gasteiger charge is -2.29. The number of aromatic nitrogens is 2. The molecule has 1 atom stereocenters. The maximum atomic E-state index is 13.7. The fourth-order valence-corrected chi connectivity index (χ4v) is 7.71. The quantitative estimate of drug-likeness (QED) is 0.494. The highest BCUT2D eigenvalue weighted by atomic mass is 32.2. The predicted molar refractivity (Wildman–Crippen MR) is 124 cm³/mol. The fourth-order valence-electron chi connectivity index (χ4n) is 5.35. The van der Waals surface area contributed by atoms with Crippen molar-refractivity contribution in [3.05, 3.63) is 20.8 Å². The zero-order valence-corrected chi connectivity index (χ0v) is 19.5. The van der Waals surface area contributed by atoms with E-state index in [-0.39, 0.29) is 22.8 Å². The van der Waals surface area contributed by atoms with Crippen LogP contribution in [-0.2, 0) is 17.6 Å². The van der Waals surface area contributed by atoms with E-state index in [2.05, 4.69) is 0 Å². The van der Waals surface area contributed by atoms with E-state index in [1.165, 1.54) is 54.3 Å². The lowest BCUT2D eigenvalue weighted by molar-refractivity contribution is -0.131. The fraction of sp³-hybridized carbons (Fsp3) is 0.696. The molecule has 0 spiro atoms. The Morgan fingerprint density at radius 1 is 1.07 bits per heavy atom. The molecule has 2 fully saturated rings. The Labute approximate surface area is 186 Å². The van der Waals surface area contributed by atoms with Gasteiger partial charge in [0.25, 0.3) is 5.56 Å². The van der Waals surface area contributed by atoms with Gasteiger partial charge in [-0.1, -0.05) is 24.6 Å². The molecule has 1 saturated carbocycles. The highest BCUT2D eigenvalue weighted by Gasteiger charge is 2.30. The highest BCUT2D eigenvalue weighted by molar-refractivity contribution is 8.00. The van der Waals surface area contributed by atoms with Gasteiger partial charge in [-0.15, -0.1) is 11.3 Å². The van der Waals surface area contributed by atoms with E-state index in [1.807, 2.05) is 16.4 Å². The zero-order chi connectivity index (χ0) is 20.7. The normalized spacial score (nSPS) is 21.2. The first kappa shape index (κ1) is 20.6. The van der Waals surface area contributed by atoms with E-state index in [9.17, 15) is 9.59 Å². The SMILES string of the molecule is CC(Sc1nc2sc3c(c2c(=O)n1C1CCCC1)CCCC3)C(=O)N1CCCCC1. The average Bonchev–Trinajstić information content (AvgIpc) is 3.41. The molecule has 3 heterocycles. The van der Waals surface area contributed by atoms with Crippen molar-refractivity contribution < 1.29 is 4.79 Å². The number of hydrogen-bond acceptors (Lipinski definition) is 5. The van der Waals surface area contributed by atoms with E-state index >= 15 is 0 Å². The van der Waals surface area contributed by atoms with Gasteiger partial charge in [-0.25, -0.2) is 4.98 Å². The number of nitrogens with zero attached hydrogens (tertiary/aromatic N) is 3. The average molecular weight is 446 g/mol. The van der Waals surface area contributed by atoms with E-state index in [0.29, 0.717) is 0 Å². The van der Waals surface area contributed by atoms with Crippen LogP contribution in [0.1, 0.15) is 81.2 Å². The van der Waals surface area contributed by atoms with Crippen molar-refractivity contribution in [3.8, 4) is 0 Å². The summed E-state index contributed by atoms with van der Waals surface area (Å²) in [5, 5.41) is 1.42. The minimum absolute atomic E-state index is 0.145. The molecule has 0 aromatic carbocycles. The van der Waals surface area contributed by atoms with Crippen LogP contribution in [0, 0.1) is 0 Å². The molecule has 0 radical (unpaired) electrons. The molecule has 1 amide bonds. The Kier molecular flexibility index (Phi) is 5.93. The van der Waals surface area contributed by atoms with E-state index in [0.717, 1.165) is 67.0 Å². The van der Waals surface area contributed by atoms with Crippen LogP contribution in [-0.4, -0.2) is 38.7 Å². The van der Waals surface area contributed by atoms with E-state index in [1.54, 1.807) is 11.3 Å². The lowest BCUT2D eigenvalue weighted by Crippen LogP contribution is -2.40. The Bertz CT molecular complexity index is 1000. The number of fused-ring (bicyclic) bond motifs is 3. The van der Waals surface area contributed by atoms with Crippen molar-refractivity contribution in [2.24, 2.45) is 0 Å². The van der Waals surface area contributed by atoms with E-state index < -0.39 is 0 Å². The molecule has 0 bridgehead atoms. The Morgan fingerprint density at radius 3 is 2.57 bits per heavy atom. The zero-order valence-electron chi connectivity index (χ0n) is 17.8. The third-order valence-corrected chi connectivity index (χ3v) is 9.22. The number of carbonyl (C=O) groups excluding carboxylic acids is 1. The van der Waals surface area contributed by atoms with Gasteiger partial charge in [-0.2, -0.15) is 0 Å². The van der Waals surface area contributed by atoms with Gasteiger partial charge in [0.2, 0.25) is 5.91 Å². The molecule has 5 rings (SSSR count). The van der Waals surface area contributed by atoms with Gasteiger partial charge in [0.1, 0.15) is 4.83 Å². The Morgan fingerprint density at radius 2 is 1.80 bits per heavy atom. The molecule has 30 heavy (non-hydrogen) atoms. The molecule has 2 aromatic rings. The smallest absolute Gasteiger partial charge is 0.263 e. The molecule has 3 aliphatic rings. The molecule has 1 aliphatic heterocycles. The summed E-state index contributed by atoms with van der Waals surface area (Å²) in [4.78, 5) is 36.1. The molecular weight excluding hydrogens is 414 g/mol. The first-order chi connectivity index (χ1) is 14.6. The van der Waals surface area contributed by atoms with Gasteiger partial charge >= 0.3 is 0 Å². The van der Waals surface area contributed by atoms with Crippen LogP contribution >= 0.6 is 23.1 Å². The molecule has 7 heteroatoms. The van der Waals surface area contributed by atoms with Gasteiger partial charge in [0, 0.05) is 24.0 Å². The molecular formula is C23H31N3O2S2. The van der Waals surface area contributed by atoms with Crippen molar-refractivity contribution in [1.82, 2.24) is 14.5 Å². The molecule has 1 unspecified atom stereocenters. The predicted octanol–water partition coefficient (Wildman–Crippen LogP) is 4.95. The van der Waals surface area contributed by atoms with Crippen LogP contribution in [0.4, 0.5) is 0 Å². The summed E-state index contributed by atoms with van der Waals surface area (Å²) in [5.41, 5.74) is 1.41. The number of hydrogen-bond donors (Lipinski definition) is 0. The summed E-state index contributed by atoms with van der Waals surface area (Å²) in [6.45, 7) is 3.71. The minimum Gasteiger partial charge on any atom is -0.342 e. The van der Waals surface area contributed by atoms with Crippen molar-refractivity contribution in [2.45, 2.75) is 94.0 Å². The van der Waals surface area contributed by atoms with Crippen LogP contribution in [0.2, 0.25) is 0 Å². The van der Waals surface area contributed by atoms with Gasteiger partial charge in [0.05, 0.1) is 10.6 Å². The van der Waals surface area contributed by atoms with Crippen LogP contribution < -0.4 is 5.56 Å². The summed E-state index contributed by atoms with van der Waals surface area (Å²) in [6.07, 6.45) is 12.3. The number of likely N-dealkylation sites (tertiary alicyclic amines) is 1. The molecule has 162 valence electrons. The second-order valence-corrected chi connectivity index (χ2v) is 11.4. The summed E-state index contributed by atoms with van der Waals surface area (Å²) in [6, 6.07) is 0.230. The van der Waals surface area contributed by atoms with Crippen molar-refractivity contribution in [2.75, 3.05) is 13.1 Å². The van der Waals surface area contributed by atoms with Crippen molar-refractivity contribution in [3.63, 3.8) is 0 Å².